The molecule has 0 aliphatic rings. The second-order valence-corrected chi connectivity index (χ2v) is 7.37. The molecule has 1 amide bonds. The van der Waals surface area contributed by atoms with E-state index in [-0.39, 0.29) is 23.3 Å². The molecule has 2 aromatic carbocycles. The van der Waals surface area contributed by atoms with Crippen molar-refractivity contribution in [3.63, 3.8) is 0 Å². The van der Waals surface area contributed by atoms with Crippen molar-refractivity contribution in [2.24, 2.45) is 0 Å². The number of hydrogen-bond donors (Lipinski definition) is 2. The standard InChI is InChI=1S/C21H23FN4O2S/c1-4-26-20(28)16-9-8-14(11-17(16)24-21(26)29)19(27)23-12-18(25(2)3)13-6-5-7-15(22)10-13/h5-11,18H,4,12H2,1-3H3,(H,23,27)(H,24,29). The van der Waals surface area contributed by atoms with Gasteiger partial charge in [0.1, 0.15) is 5.82 Å². The van der Waals surface area contributed by atoms with Crippen LogP contribution >= 0.6 is 12.2 Å². The first-order valence-electron chi connectivity index (χ1n) is 9.28. The lowest BCUT2D eigenvalue weighted by atomic mass is 10.1. The predicted molar refractivity (Wildman–Crippen MR) is 114 cm³/mol. The summed E-state index contributed by atoms with van der Waals surface area (Å²) < 4.78 is 15.4. The van der Waals surface area contributed by atoms with Gasteiger partial charge in [-0.2, -0.15) is 0 Å². The van der Waals surface area contributed by atoms with Gasteiger partial charge in [-0.1, -0.05) is 12.1 Å². The molecule has 152 valence electrons. The second kappa shape index (κ2) is 8.67. The van der Waals surface area contributed by atoms with E-state index in [1.165, 1.54) is 16.7 Å². The molecule has 29 heavy (non-hydrogen) atoms. The molecule has 1 aromatic heterocycles. The van der Waals surface area contributed by atoms with E-state index in [4.69, 9.17) is 12.2 Å². The number of nitrogens with zero attached hydrogens (tertiary/aromatic N) is 2. The van der Waals surface area contributed by atoms with Gasteiger partial charge in [-0.25, -0.2) is 4.39 Å². The van der Waals surface area contributed by atoms with Gasteiger partial charge in [0.2, 0.25) is 0 Å². The van der Waals surface area contributed by atoms with E-state index in [1.807, 2.05) is 32.0 Å². The molecule has 3 rings (SSSR count). The number of aromatic nitrogens is 2. The average Bonchev–Trinajstić information content (AvgIpc) is 2.67. The summed E-state index contributed by atoms with van der Waals surface area (Å²) in [5.41, 5.74) is 1.52. The Morgan fingerprint density at radius 3 is 2.69 bits per heavy atom. The molecule has 0 fully saturated rings. The van der Waals surface area contributed by atoms with Gasteiger partial charge in [0, 0.05) is 18.7 Å². The normalized spacial score (nSPS) is 12.3. The highest BCUT2D eigenvalue weighted by Gasteiger charge is 2.17. The van der Waals surface area contributed by atoms with Crippen LogP contribution in [0.5, 0.6) is 0 Å². The zero-order valence-corrected chi connectivity index (χ0v) is 17.3. The van der Waals surface area contributed by atoms with E-state index in [0.717, 1.165) is 5.56 Å². The third-order valence-electron chi connectivity index (χ3n) is 4.87. The predicted octanol–water partition coefficient (Wildman–Crippen LogP) is 3.25. The van der Waals surface area contributed by atoms with Gasteiger partial charge in [0.15, 0.2) is 4.77 Å². The van der Waals surface area contributed by atoms with Gasteiger partial charge in [-0.15, -0.1) is 0 Å². The van der Waals surface area contributed by atoms with Crippen LogP contribution in [-0.2, 0) is 6.54 Å². The Hall–Kier alpha value is -2.84. The number of aromatic amines is 1. The lowest BCUT2D eigenvalue weighted by Crippen LogP contribution is -2.34. The molecule has 6 nitrogen and oxygen atoms in total. The largest absolute Gasteiger partial charge is 0.350 e. The fraction of sp³-hybridized carbons (Fsp3) is 0.286. The number of rotatable bonds is 6. The van der Waals surface area contributed by atoms with Crippen molar-refractivity contribution >= 4 is 29.0 Å². The molecule has 3 aromatic rings. The fourth-order valence-electron chi connectivity index (χ4n) is 3.29. The number of carbonyl (C=O) groups is 1. The van der Waals surface area contributed by atoms with Gasteiger partial charge in [-0.3, -0.25) is 14.2 Å². The Morgan fingerprint density at radius 2 is 2.03 bits per heavy atom. The first-order chi connectivity index (χ1) is 13.8. The molecule has 0 aliphatic carbocycles. The van der Waals surface area contributed by atoms with Gasteiger partial charge < -0.3 is 15.2 Å². The Balaban J connectivity index is 1.84. The molecular formula is C21H23FN4O2S. The van der Waals surface area contributed by atoms with Gasteiger partial charge >= 0.3 is 0 Å². The van der Waals surface area contributed by atoms with Crippen LogP contribution in [0.4, 0.5) is 4.39 Å². The summed E-state index contributed by atoms with van der Waals surface area (Å²) in [7, 11) is 3.74. The van der Waals surface area contributed by atoms with E-state index in [1.54, 1.807) is 24.3 Å². The molecule has 1 unspecified atom stereocenters. The Morgan fingerprint density at radius 1 is 1.28 bits per heavy atom. The number of benzene rings is 2. The molecular weight excluding hydrogens is 391 g/mol. The highest BCUT2D eigenvalue weighted by molar-refractivity contribution is 7.71. The Kier molecular flexibility index (Phi) is 6.24. The number of nitrogens with one attached hydrogen (secondary N) is 2. The van der Waals surface area contributed by atoms with E-state index in [9.17, 15) is 14.0 Å². The molecule has 1 heterocycles. The van der Waals surface area contributed by atoms with Crippen LogP contribution in [0.3, 0.4) is 0 Å². The van der Waals surface area contributed by atoms with Gasteiger partial charge in [-0.05, 0) is 69.1 Å². The number of H-pyrrole nitrogens is 1. The molecule has 0 saturated heterocycles. The van der Waals surface area contributed by atoms with Crippen molar-refractivity contribution in [3.8, 4) is 0 Å². The number of carbonyl (C=O) groups excluding carboxylic acids is 1. The quantitative estimate of drug-likeness (QED) is 0.608. The first-order valence-corrected chi connectivity index (χ1v) is 9.69. The average molecular weight is 415 g/mol. The lowest BCUT2D eigenvalue weighted by molar-refractivity contribution is 0.0942. The van der Waals surface area contributed by atoms with E-state index >= 15 is 0 Å². The van der Waals surface area contributed by atoms with E-state index < -0.39 is 0 Å². The van der Waals surface area contributed by atoms with Crippen molar-refractivity contribution in [3.05, 3.63) is 74.5 Å². The summed E-state index contributed by atoms with van der Waals surface area (Å²) in [5.74, 6) is -0.600. The van der Waals surface area contributed by atoms with Crippen LogP contribution in [0.15, 0.2) is 47.3 Å². The molecule has 0 spiro atoms. The van der Waals surface area contributed by atoms with Crippen molar-refractivity contribution < 1.29 is 9.18 Å². The van der Waals surface area contributed by atoms with Gasteiger partial charge in [0.25, 0.3) is 11.5 Å². The number of likely N-dealkylation sites (N-methyl/N-ethyl adjacent to an activating group) is 1. The van der Waals surface area contributed by atoms with Crippen LogP contribution in [0.2, 0.25) is 0 Å². The Labute approximate surface area is 173 Å². The summed E-state index contributed by atoms with van der Waals surface area (Å²) in [5, 5.41) is 3.36. The minimum atomic E-state index is -0.316. The summed E-state index contributed by atoms with van der Waals surface area (Å²) in [6.45, 7) is 2.62. The smallest absolute Gasteiger partial charge is 0.262 e. The van der Waals surface area contributed by atoms with Crippen molar-refractivity contribution in [2.45, 2.75) is 19.5 Å². The van der Waals surface area contributed by atoms with Gasteiger partial charge in [0.05, 0.1) is 16.9 Å². The van der Waals surface area contributed by atoms with Crippen molar-refractivity contribution in [1.82, 2.24) is 19.8 Å². The van der Waals surface area contributed by atoms with E-state index in [2.05, 4.69) is 10.3 Å². The highest BCUT2D eigenvalue weighted by Crippen LogP contribution is 2.19. The fourth-order valence-corrected chi connectivity index (χ4v) is 3.61. The number of halogens is 1. The number of hydrogen-bond acceptors (Lipinski definition) is 4. The van der Waals surface area contributed by atoms with Crippen LogP contribution in [0, 0.1) is 10.6 Å². The highest BCUT2D eigenvalue weighted by atomic mass is 32.1. The number of fused-ring (bicyclic) bond motifs is 1. The number of amides is 1. The minimum absolute atomic E-state index is 0.183. The molecule has 0 bridgehead atoms. The molecule has 0 radical (unpaired) electrons. The third kappa shape index (κ3) is 4.44. The molecule has 2 N–H and O–H groups in total. The Bertz CT molecular complexity index is 1170. The summed E-state index contributed by atoms with van der Waals surface area (Å²) in [6.07, 6.45) is 0. The van der Waals surface area contributed by atoms with Crippen LogP contribution in [0.1, 0.15) is 28.9 Å². The lowest BCUT2D eigenvalue weighted by Gasteiger charge is -2.25. The third-order valence-corrected chi connectivity index (χ3v) is 5.20. The molecule has 0 aliphatic heterocycles. The maximum absolute atomic E-state index is 13.6. The molecule has 0 saturated carbocycles. The van der Waals surface area contributed by atoms with Crippen LogP contribution in [-0.4, -0.2) is 41.0 Å². The van der Waals surface area contributed by atoms with Crippen LogP contribution in [0.25, 0.3) is 10.9 Å². The maximum atomic E-state index is 13.6. The van der Waals surface area contributed by atoms with Crippen molar-refractivity contribution in [1.29, 1.82) is 0 Å². The summed E-state index contributed by atoms with van der Waals surface area (Å²) >= 11 is 5.22. The zero-order valence-electron chi connectivity index (χ0n) is 16.5. The minimum Gasteiger partial charge on any atom is -0.350 e. The zero-order chi connectivity index (χ0) is 21.1. The van der Waals surface area contributed by atoms with Crippen LogP contribution < -0.4 is 10.9 Å². The SMILES string of the molecule is CCn1c(=S)[nH]c2cc(C(=O)NCC(c3cccc(F)c3)N(C)C)ccc2c1=O. The monoisotopic (exact) mass is 414 g/mol. The summed E-state index contributed by atoms with van der Waals surface area (Å²) in [4.78, 5) is 30.1. The van der Waals surface area contributed by atoms with E-state index in [0.29, 0.717) is 34.3 Å². The van der Waals surface area contributed by atoms with Crippen molar-refractivity contribution in [2.75, 3.05) is 20.6 Å². The molecule has 1 atom stereocenters. The maximum Gasteiger partial charge on any atom is 0.262 e. The first kappa shape index (κ1) is 20.9. The second-order valence-electron chi connectivity index (χ2n) is 6.98. The topological polar surface area (TPSA) is 70.1 Å². The summed E-state index contributed by atoms with van der Waals surface area (Å²) in [6, 6.07) is 11.0. The molecule has 8 heteroatoms.